The summed E-state index contributed by atoms with van der Waals surface area (Å²) in [4.78, 5) is 22.8. The molecule has 0 aliphatic heterocycles. The molecule has 0 aromatic heterocycles. The number of anilines is 2. The molecule has 0 atom stereocenters. The van der Waals surface area contributed by atoms with Gasteiger partial charge in [0.05, 0.1) is 0 Å². The molecule has 2 aliphatic carbocycles. The Hall–Kier alpha value is -4.60. The zero-order chi connectivity index (χ0) is 29.5. The molecule has 0 saturated carbocycles. The highest BCUT2D eigenvalue weighted by Gasteiger charge is 2.39. The number of benzene rings is 2. The number of rotatable bonds is 6. The highest BCUT2D eigenvalue weighted by Crippen LogP contribution is 2.36. The quantitative estimate of drug-likeness (QED) is 0.353. The van der Waals surface area contributed by atoms with Gasteiger partial charge < -0.3 is 10.6 Å². The van der Waals surface area contributed by atoms with Gasteiger partial charge in [-0.15, -0.1) is 0 Å². The van der Waals surface area contributed by atoms with E-state index in [9.17, 15) is 35.9 Å². The van der Waals surface area contributed by atoms with Crippen molar-refractivity contribution < 1.29 is 35.9 Å². The number of ketones is 2. The number of allylic oxidation sites excluding steroid dienone is 12. The number of para-hydroxylation sites is 2. The molecular weight excluding hydrogens is 534 g/mol. The van der Waals surface area contributed by atoms with Crippen molar-refractivity contribution in [1.29, 1.82) is 0 Å². The lowest BCUT2D eigenvalue weighted by atomic mass is 10.0. The molecule has 10 heteroatoms. The Morgan fingerprint density at radius 3 is 1.18 bits per heavy atom. The van der Waals surface area contributed by atoms with Crippen molar-refractivity contribution in [2.75, 3.05) is 10.6 Å². The fourth-order valence-corrected chi connectivity index (χ4v) is 3.80. The van der Waals surface area contributed by atoms with E-state index < -0.39 is 35.3 Å². The predicted molar refractivity (Wildman–Crippen MR) is 142 cm³/mol. The van der Waals surface area contributed by atoms with E-state index in [2.05, 4.69) is 10.6 Å². The Labute approximate surface area is 226 Å². The van der Waals surface area contributed by atoms with E-state index in [-0.39, 0.29) is 22.3 Å². The summed E-state index contributed by atoms with van der Waals surface area (Å²) < 4.78 is 79.2. The lowest BCUT2D eigenvalue weighted by Crippen LogP contribution is -2.22. The van der Waals surface area contributed by atoms with Gasteiger partial charge in [-0.1, -0.05) is 72.9 Å². The Bertz CT molecular complexity index is 1330. The lowest BCUT2D eigenvalue weighted by Gasteiger charge is -2.17. The highest BCUT2D eigenvalue weighted by atomic mass is 19.4. The first-order valence-corrected chi connectivity index (χ1v) is 11.9. The number of hydrogen-bond acceptors (Lipinski definition) is 4. The van der Waals surface area contributed by atoms with Crippen LogP contribution in [0.25, 0.3) is 0 Å². The van der Waals surface area contributed by atoms with E-state index in [1.807, 2.05) is 0 Å². The number of nitrogens with one attached hydrogen (secondary N) is 2. The molecule has 2 aromatic rings. The third kappa shape index (κ3) is 7.72. The molecule has 40 heavy (non-hydrogen) atoms. The summed E-state index contributed by atoms with van der Waals surface area (Å²) in [7, 11) is 0. The zero-order valence-corrected chi connectivity index (χ0v) is 21.3. The summed E-state index contributed by atoms with van der Waals surface area (Å²) in [5.41, 5.74) is -1.38. The van der Waals surface area contributed by atoms with E-state index in [1.54, 1.807) is 36.4 Å². The van der Waals surface area contributed by atoms with Crippen molar-refractivity contribution in [3.63, 3.8) is 0 Å². The molecular formula is C30H24F6N2O2. The summed E-state index contributed by atoms with van der Waals surface area (Å²) in [5, 5.41) is 4.71. The van der Waals surface area contributed by atoms with Gasteiger partial charge in [-0.25, -0.2) is 0 Å². The summed E-state index contributed by atoms with van der Waals surface area (Å²) >= 11 is 0. The second-order valence-corrected chi connectivity index (χ2v) is 8.55. The first-order valence-electron chi connectivity index (χ1n) is 11.9. The van der Waals surface area contributed by atoms with Crippen molar-refractivity contribution in [1.82, 2.24) is 0 Å². The number of Topliss-reactive ketones (excluding diaryl/α,β-unsaturated/α-hetero) is 2. The minimum Gasteiger partial charge on any atom is -0.351 e. The van der Waals surface area contributed by atoms with Crippen LogP contribution in [0.5, 0.6) is 0 Å². The van der Waals surface area contributed by atoms with Gasteiger partial charge in [-0.05, 0) is 38.1 Å². The van der Waals surface area contributed by atoms with Crippen LogP contribution in [0.3, 0.4) is 0 Å². The minimum atomic E-state index is -4.58. The van der Waals surface area contributed by atoms with Gasteiger partial charge >= 0.3 is 12.4 Å². The Kier molecular flexibility index (Phi) is 9.36. The zero-order valence-electron chi connectivity index (χ0n) is 21.3. The predicted octanol–water partition coefficient (Wildman–Crippen LogP) is 8.00. The molecule has 0 fully saturated rings. The highest BCUT2D eigenvalue weighted by molar-refractivity contribution is 6.01. The van der Waals surface area contributed by atoms with Crippen LogP contribution in [0.4, 0.5) is 37.7 Å². The van der Waals surface area contributed by atoms with Gasteiger partial charge in [0.25, 0.3) is 0 Å². The first-order chi connectivity index (χ1) is 18.8. The first kappa shape index (κ1) is 29.9. The molecule has 0 bridgehead atoms. The maximum absolute atomic E-state index is 13.2. The van der Waals surface area contributed by atoms with E-state index in [1.165, 1.54) is 74.6 Å². The molecule has 208 valence electrons. The van der Waals surface area contributed by atoms with Crippen LogP contribution in [0.15, 0.2) is 131 Å². The summed E-state index contributed by atoms with van der Waals surface area (Å²) in [6.07, 6.45) is -0.936. The monoisotopic (exact) mass is 558 g/mol. The van der Waals surface area contributed by atoms with Crippen molar-refractivity contribution in [3.05, 3.63) is 131 Å². The van der Waals surface area contributed by atoms with Gasteiger partial charge in [0.1, 0.15) is 11.4 Å². The average molecular weight is 559 g/mol. The van der Waals surface area contributed by atoms with Crippen molar-refractivity contribution in [2.45, 2.75) is 26.2 Å². The maximum Gasteiger partial charge on any atom is 0.431 e. The van der Waals surface area contributed by atoms with E-state index in [0.717, 1.165) is 0 Å². The fourth-order valence-electron chi connectivity index (χ4n) is 3.80. The molecule has 0 spiro atoms. The number of carbonyl (C=O) groups excluding carboxylic acids is 2. The minimum absolute atomic E-state index is 0.0563. The number of carbonyl (C=O) groups is 2. The summed E-state index contributed by atoms with van der Waals surface area (Å²) in [6, 6.07) is 16.1. The Morgan fingerprint density at radius 2 is 0.900 bits per heavy atom. The van der Waals surface area contributed by atoms with E-state index >= 15 is 0 Å². The number of halogens is 6. The van der Waals surface area contributed by atoms with Crippen molar-refractivity contribution >= 4 is 22.9 Å². The van der Waals surface area contributed by atoms with Crippen LogP contribution in [-0.2, 0) is 9.59 Å². The molecule has 0 amide bonds. The topological polar surface area (TPSA) is 58.2 Å². The Morgan fingerprint density at radius 1 is 0.575 bits per heavy atom. The van der Waals surface area contributed by atoms with Gasteiger partial charge in [-0.3, -0.25) is 9.59 Å². The van der Waals surface area contributed by atoms with Crippen molar-refractivity contribution in [3.8, 4) is 0 Å². The standard InChI is InChI=1S/2C15H12F3NO/c2*1-10(20)12-8-5-9-13(12)14(15(16,17)18)19-11-6-3-2-4-7-11/h2*2-9,19H,1H3/b2*14-13-. The third-order valence-corrected chi connectivity index (χ3v) is 5.58. The third-order valence-electron chi connectivity index (χ3n) is 5.58. The Balaban J connectivity index is 0.000000220. The van der Waals surface area contributed by atoms with Gasteiger partial charge in [0.15, 0.2) is 11.6 Å². The van der Waals surface area contributed by atoms with Crippen LogP contribution >= 0.6 is 0 Å². The fraction of sp³-hybridized carbons (Fsp3) is 0.133. The number of alkyl halides is 6. The van der Waals surface area contributed by atoms with Crippen LogP contribution < -0.4 is 10.6 Å². The summed E-state index contributed by atoms with van der Waals surface area (Å²) in [5.74, 6) is -0.803. The average Bonchev–Trinajstić information content (AvgIpc) is 3.56. The lowest BCUT2D eigenvalue weighted by molar-refractivity contribution is -0.114. The van der Waals surface area contributed by atoms with Crippen molar-refractivity contribution in [2.24, 2.45) is 0 Å². The molecule has 0 unspecified atom stereocenters. The van der Waals surface area contributed by atoms with Crippen LogP contribution in [0.1, 0.15) is 13.8 Å². The SMILES string of the molecule is CC(=O)C1=CC=C/C1=C(/Nc1ccccc1)C(F)(F)F.CC(=O)C1=CC=C/C1=C(/Nc1ccccc1)C(F)(F)F. The van der Waals surface area contributed by atoms with E-state index in [0.29, 0.717) is 11.4 Å². The molecule has 0 radical (unpaired) electrons. The normalized spacial score (nSPS) is 16.9. The molecule has 0 saturated heterocycles. The molecule has 4 nitrogen and oxygen atoms in total. The van der Waals surface area contributed by atoms with Crippen LogP contribution in [-0.4, -0.2) is 23.9 Å². The maximum atomic E-state index is 13.2. The van der Waals surface area contributed by atoms with Crippen LogP contribution in [0.2, 0.25) is 0 Å². The molecule has 0 heterocycles. The largest absolute Gasteiger partial charge is 0.431 e. The van der Waals surface area contributed by atoms with Gasteiger partial charge in [0, 0.05) is 33.7 Å². The smallest absolute Gasteiger partial charge is 0.351 e. The van der Waals surface area contributed by atoms with Gasteiger partial charge in [0.2, 0.25) is 0 Å². The van der Waals surface area contributed by atoms with Crippen LogP contribution in [0, 0.1) is 0 Å². The second kappa shape index (κ2) is 12.5. The second-order valence-electron chi connectivity index (χ2n) is 8.55. The summed E-state index contributed by atoms with van der Waals surface area (Å²) in [6.45, 7) is 2.49. The number of hydrogen-bond donors (Lipinski definition) is 2. The molecule has 2 N–H and O–H groups in total. The van der Waals surface area contributed by atoms with E-state index in [4.69, 9.17) is 0 Å². The molecule has 2 aromatic carbocycles. The molecule has 4 rings (SSSR count). The molecule has 2 aliphatic rings. The van der Waals surface area contributed by atoms with Gasteiger partial charge in [-0.2, -0.15) is 26.3 Å².